The van der Waals surface area contributed by atoms with Gasteiger partial charge in [-0.3, -0.25) is 24.3 Å². The third kappa shape index (κ3) is 14.2. The van der Waals surface area contributed by atoms with E-state index in [-0.39, 0.29) is 29.2 Å². The van der Waals surface area contributed by atoms with Crippen LogP contribution in [0.5, 0.6) is 0 Å². The van der Waals surface area contributed by atoms with Crippen molar-refractivity contribution < 1.29 is 63.1 Å². The molecule has 0 atom stereocenters. The maximum Gasteiger partial charge on any atom is 0.374 e. The molecule has 0 aliphatic carbocycles. The molecule has 0 saturated heterocycles. The lowest BCUT2D eigenvalue weighted by molar-refractivity contribution is -0.314. The number of hydrogen-bond acceptors (Lipinski definition) is 13. The van der Waals surface area contributed by atoms with Gasteiger partial charge in [0, 0.05) is 11.1 Å². The van der Waals surface area contributed by atoms with Crippen molar-refractivity contribution in [2.75, 3.05) is 0 Å². The van der Waals surface area contributed by atoms with Crippen LogP contribution >= 0.6 is 0 Å². The van der Waals surface area contributed by atoms with Gasteiger partial charge in [-0.15, -0.1) is 0 Å². The van der Waals surface area contributed by atoms with Gasteiger partial charge in [-0.2, -0.15) is 19.6 Å². The molecule has 78 heavy (non-hydrogen) atoms. The van der Waals surface area contributed by atoms with Gasteiger partial charge in [-0.05, 0) is 130 Å². The summed E-state index contributed by atoms with van der Waals surface area (Å²) in [5, 5.41) is 0. The van der Waals surface area contributed by atoms with Crippen molar-refractivity contribution in [3.63, 3.8) is 0 Å². The number of ketones is 1. The second kappa shape index (κ2) is 24.6. The highest BCUT2D eigenvalue weighted by Gasteiger charge is 2.42. The summed E-state index contributed by atoms with van der Waals surface area (Å²) in [5.41, 5.74) is -2.81. The Kier molecular flexibility index (Phi) is 18.9. The fraction of sp³-hybridized carbons (Fsp3) is 0.369. The zero-order chi connectivity index (χ0) is 57.5. The van der Waals surface area contributed by atoms with Gasteiger partial charge in [0.1, 0.15) is 22.4 Å². The average Bonchev–Trinajstić information content (AvgIpc) is 3.46. The SMILES string of the molecule is CC(C)c1ccc(C(C)(C)OOC(=O)c2cc(C(=O)c3ccccc3)c(C(=O)OOC(C)(C)c3ccc(C(C)C)cc3)c(C(=O)OOC(C)(C)c3ccc(C(C)C)cc3)c2C(=O)OOC(C)(C)c2ccc(C(C)C)cc2)cc1. The minimum absolute atomic E-state index is 0.0185. The fourth-order valence-electron chi connectivity index (χ4n) is 8.40. The van der Waals surface area contributed by atoms with Crippen LogP contribution < -0.4 is 0 Å². The fourth-order valence-corrected chi connectivity index (χ4v) is 8.40. The molecular formula is C65H74O13. The van der Waals surface area contributed by atoms with Gasteiger partial charge in [0.15, 0.2) is 5.78 Å². The average molecular weight is 1060 g/mol. The maximum atomic E-state index is 15.3. The summed E-state index contributed by atoms with van der Waals surface area (Å²) in [5.74, 6) is -5.77. The van der Waals surface area contributed by atoms with E-state index in [9.17, 15) is 9.59 Å². The van der Waals surface area contributed by atoms with Crippen molar-refractivity contribution in [3.8, 4) is 0 Å². The largest absolute Gasteiger partial charge is 0.374 e. The Balaban J connectivity index is 1.56. The highest BCUT2D eigenvalue weighted by molar-refractivity contribution is 6.22. The molecule has 13 nitrogen and oxygen atoms in total. The van der Waals surface area contributed by atoms with Gasteiger partial charge in [0.2, 0.25) is 0 Å². The van der Waals surface area contributed by atoms with E-state index in [1.54, 1.807) is 73.6 Å². The van der Waals surface area contributed by atoms with E-state index < -0.39 is 79.9 Å². The molecule has 6 rings (SSSR count). The Morgan fingerprint density at radius 2 is 0.577 bits per heavy atom. The van der Waals surface area contributed by atoms with Gasteiger partial charge in [-0.25, -0.2) is 19.2 Å². The zero-order valence-electron chi connectivity index (χ0n) is 47.8. The predicted octanol–water partition coefficient (Wildman–Crippen LogP) is 15.5. The van der Waals surface area contributed by atoms with Crippen LogP contribution in [0.2, 0.25) is 0 Å². The zero-order valence-corrected chi connectivity index (χ0v) is 47.8. The molecule has 412 valence electrons. The van der Waals surface area contributed by atoms with Crippen LogP contribution in [0.4, 0.5) is 0 Å². The molecule has 0 heterocycles. The summed E-state index contributed by atoms with van der Waals surface area (Å²) >= 11 is 0. The van der Waals surface area contributed by atoms with E-state index >= 15 is 14.4 Å². The molecule has 0 saturated carbocycles. The van der Waals surface area contributed by atoms with Crippen molar-refractivity contribution in [1.29, 1.82) is 0 Å². The Hall–Kier alpha value is -7.29. The van der Waals surface area contributed by atoms with E-state index in [1.165, 1.54) is 12.1 Å². The highest BCUT2D eigenvalue weighted by Crippen LogP contribution is 2.36. The first kappa shape index (κ1) is 59.9. The van der Waals surface area contributed by atoms with Crippen LogP contribution in [-0.2, 0) is 61.5 Å². The number of benzene rings is 6. The molecule has 13 heteroatoms. The standard InChI is InChI=1S/C65H74O13/c1-39(2)43-22-30-48(31-23-43)62(9,10)75-71-58(67)53-38-52(57(66)47-20-18-17-19-21-47)54(59(68)72-76-63(11,12)49-32-24-44(25-33-49)40(3)4)56(61(70)74-78-65(15,16)51-36-28-46(29-37-51)42(7)8)55(53)60(69)73-77-64(13,14)50-34-26-45(27-35-50)41(5)6/h17-42H,1-16H3. The van der Waals surface area contributed by atoms with Gasteiger partial charge in [0.25, 0.3) is 0 Å². The molecule has 0 fully saturated rings. The molecule has 0 amide bonds. The topological polar surface area (TPSA) is 159 Å². The second-order valence-electron chi connectivity index (χ2n) is 22.8. The Labute approximate surface area is 459 Å². The molecule has 6 aromatic rings. The van der Waals surface area contributed by atoms with E-state index in [1.807, 2.05) is 97.1 Å². The van der Waals surface area contributed by atoms with Crippen LogP contribution in [0.3, 0.4) is 0 Å². The first-order chi connectivity index (χ1) is 36.5. The number of carbonyl (C=O) groups excluding carboxylic acids is 5. The molecular weight excluding hydrogens is 989 g/mol. The molecule has 6 aromatic carbocycles. The van der Waals surface area contributed by atoms with Gasteiger partial charge >= 0.3 is 23.9 Å². The van der Waals surface area contributed by atoms with Crippen molar-refractivity contribution in [1.82, 2.24) is 0 Å². The van der Waals surface area contributed by atoms with Crippen LogP contribution in [0.1, 0.15) is 236 Å². The first-order valence-electron chi connectivity index (χ1n) is 26.4. The second-order valence-corrected chi connectivity index (χ2v) is 22.8. The van der Waals surface area contributed by atoms with E-state index in [2.05, 4.69) is 55.4 Å². The van der Waals surface area contributed by atoms with Crippen LogP contribution in [0, 0.1) is 0 Å². The third-order valence-electron chi connectivity index (χ3n) is 13.8. The summed E-state index contributed by atoms with van der Waals surface area (Å²) in [7, 11) is 0. The Bertz CT molecular complexity index is 3070. The summed E-state index contributed by atoms with van der Waals surface area (Å²) in [6.45, 7) is 29.6. The van der Waals surface area contributed by atoms with Crippen LogP contribution in [0.25, 0.3) is 0 Å². The van der Waals surface area contributed by atoms with Crippen LogP contribution in [-0.4, -0.2) is 29.7 Å². The van der Waals surface area contributed by atoms with Crippen molar-refractivity contribution >= 4 is 29.7 Å². The van der Waals surface area contributed by atoms with E-state index in [0.717, 1.165) is 28.3 Å². The van der Waals surface area contributed by atoms with Crippen molar-refractivity contribution in [3.05, 3.63) is 211 Å². The Morgan fingerprint density at radius 3 is 0.859 bits per heavy atom. The quantitative estimate of drug-likeness (QED) is 0.0359. The minimum atomic E-state index is -1.52. The molecule has 0 radical (unpaired) electrons. The van der Waals surface area contributed by atoms with Gasteiger partial charge in [0.05, 0.1) is 22.3 Å². The summed E-state index contributed by atoms with van der Waals surface area (Å²) in [4.78, 5) is 121. The number of carbonyl (C=O) groups is 5. The molecule has 0 spiro atoms. The predicted molar refractivity (Wildman–Crippen MR) is 297 cm³/mol. The molecule has 0 aliphatic rings. The first-order valence-corrected chi connectivity index (χ1v) is 26.4. The minimum Gasteiger partial charge on any atom is -0.292 e. The lowest BCUT2D eigenvalue weighted by Gasteiger charge is -2.27. The lowest BCUT2D eigenvalue weighted by Crippen LogP contribution is -2.31. The third-order valence-corrected chi connectivity index (χ3v) is 13.8. The van der Waals surface area contributed by atoms with Crippen molar-refractivity contribution in [2.24, 2.45) is 0 Å². The number of rotatable bonds is 22. The smallest absolute Gasteiger partial charge is 0.292 e. The van der Waals surface area contributed by atoms with Crippen LogP contribution in [0.15, 0.2) is 133 Å². The highest BCUT2D eigenvalue weighted by atomic mass is 17.2. The summed E-state index contributed by atoms with van der Waals surface area (Å²) in [6.07, 6.45) is 0. The maximum absolute atomic E-state index is 15.3. The van der Waals surface area contributed by atoms with Crippen molar-refractivity contribution in [2.45, 2.75) is 157 Å². The molecule has 0 aromatic heterocycles. The van der Waals surface area contributed by atoms with E-state index in [0.29, 0.717) is 22.3 Å². The molecule has 0 unspecified atom stereocenters. The van der Waals surface area contributed by atoms with E-state index in [4.69, 9.17) is 39.1 Å². The lowest BCUT2D eigenvalue weighted by atomic mass is 9.87. The summed E-state index contributed by atoms with van der Waals surface area (Å²) < 4.78 is 0. The monoisotopic (exact) mass is 1060 g/mol. The molecule has 0 aliphatic heterocycles. The van der Waals surface area contributed by atoms with Gasteiger partial charge < -0.3 is 0 Å². The Morgan fingerprint density at radius 1 is 0.321 bits per heavy atom. The van der Waals surface area contributed by atoms with Gasteiger partial charge in [-0.1, -0.05) is 183 Å². The summed E-state index contributed by atoms with van der Waals surface area (Å²) in [6, 6.07) is 38.6. The number of hydrogen-bond donors (Lipinski definition) is 0. The normalized spacial score (nSPS) is 12.3. The molecule has 0 bridgehead atoms. The molecule has 0 N–H and O–H groups in total.